The zero-order chi connectivity index (χ0) is 16.4. The van der Waals surface area contributed by atoms with Crippen LogP contribution in [0.25, 0.3) is 10.9 Å². The lowest BCUT2D eigenvalue weighted by atomic mass is 10.1. The summed E-state index contributed by atoms with van der Waals surface area (Å²) in [5.74, 6) is 0. The molecule has 1 aromatic carbocycles. The Balaban J connectivity index is 1.71. The van der Waals surface area contributed by atoms with Crippen molar-refractivity contribution >= 4 is 10.9 Å². The first-order valence-corrected chi connectivity index (χ1v) is 8.05. The normalized spacial score (nSPS) is 12.7. The van der Waals surface area contributed by atoms with Gasteiger partial charge in [0.05, 0.1) is 0 Å². The molecule has 0 aliphatic rings. The van der Waals surface area contributed by atoms with E-state index < -0.39 is 0 Å². The van der Waals surface area contributed by atoms with Crippen LogP contribution in [0.5, 0.6) is 0 Å². The Kier molecular flexibility index (Phi) is 4.35. The number of pyridine rings is 1. The molecule has 0 saturated heterocycles. The number of aromatic nitrogens is 2. The molecule has 0 aliphatic heterocycles. The van der Waals surface area contributed by atoms with Crippen LogP contribution in [0.1, 0.15) is 35.3 Å². The summed E-state index contributed by atoms with van der Waals surface area (Å²) in [6.45, 7) is 7.22. The van der Waals surface area contributed by atoms with Crippen LogP contribution in [0.3, 0.4) is 0 Å². The monoisotopic (exact) mass is 309 g/mol. The smallest absolute Gasteiger partial charge is 0.248 e. The third-order valence-electron chi connectivity index (χ3n) is 4.49. The van der Waals surface area contributed by atoms with Gasteiger partial charge in [-0.3, -0.25) is 4.79 Å². The van der Waals surface area contributed by atoms with Gasteiger partial charge in [0.25, 0.3) is 0 Å². The highest BCUT2D eigenvalue weighted by Crippen LogP contribution is 2.25. The SMILES string of the molecule is Cc1[nH]c2c(C)cccc2c1CCNC(C)c1cc[nH]c(=O)c1. The van der Waals surface area contributed by atoms with E-state index in [4.69, 9.17) is 0 Å². The lowest BCUT2D eigenvalue weighted by Crippen LogP contribution is -2.22. The van der Waals surface area contributed by atoms with Crippen LogP contribution in [0.2, 0.25) is 0 Å². The van der Waals surface area contributed by atoms with Gasteiger partial charge in [-0.2, -0.15) is 0 Å². The van der Waals surface area contributed by atoms with Crippen molar-refractivity contribution in [3.8, 4) is 0 Å². The van der Waals surface area contributed by atoms with Gasteiger partial charge in [-0.15, -0.1) is 0 Å². The largest absolute Gasteiger partial charge is 0.358 e. The van der Waals surface area contributed by atoms with E-state index >= 15 is 0 Å². The Morgan fingerprint density at radius 2 is 2.04 bits per heavy atom. The van der Waals surface area contributed by atoms with E-state index in [0.29, 0.717) is 0 Å². The Hall–Kier alpha value is -2.33. The van der Waals surface area contributed by atoms with Gasteiger partial charge in [0.15, 0.2) is 0 Å². The van der Waals surface area contributed by atoms with E-state index in [9.17, 15) is 4.79 Å². The molecule has 0 spiro atoms. The zero-order valence-corrected chi connectivity index (χ0v) is 13.9. The summed E-state index contributed by atoms with van der Waals surface area (Å²) in [6.07, 6.45) is 2.66. The number of nitrogens with one attached hydrogen (secondary N) is 3. The van der Waals surface area contributed by atoms with E-state index in [2.05, 4.69) is 54.3 Å². The van der Waals surface area contributed by atoms with E-state index in [-0.39, 0.29) is 11.6 Å². The topological polar surface area (TPSA) is 60.7 Å². The third kappa shape index (κ3) is 3.22. The van der Waals surface area contributed by atoms with E-state index in [1.807, 2.05) is 6.07 Å². The molecule has 1 atom stereocenters. The minimum absolute atomic E-state index is 0.0564. The Morgan fingerprint density at radius 3 is 2.83 bits per heavy atom. The number of hydrogen-bond donors (Lipinski definition) is 3. The molecular formula is C19H23N3O. The first-order valence-electron chi connectivity index (χ1n) is 8.05. The average Bonchev–Trinajstić information content (AvgIpc) is 2.85. The molecule has 2 aromatic heterocycles. The van der Waals surface area contributed by atoms with Gasteiger partial charge in [-0.25, -0.2) is 0 Å². The van der Waals surface area contributed by atoms with Crippen LogP contribution >= 0.6 is 0 Å². The molecule has 0 aliphatic carbocycles. The summed E-state index contributed by atoms with van der Waals surface area (Å²) in [4.78, 5) is 17.5. The summed E-state index contributed by atoms with van der Waals surface area (Å²) in [7, 11) is 0. The molecular weight excluding hydrogens is 286 g/mol. The Morgan fingerprint density at radius 1 is 1.22 bits per heavy atom. The van der Waals surface area contributed by atoms with Gasteiger partial charge >= 0.3 is 0 Å². The van der Waals surface area contributed by atoms with E-state index in [0.717, 1.165) is 18.5 Å². The van der Waals surface area contributed by atoms with Gasteiger partial charge in [-0.05, 0) is 56.5 Å². The number of rotatable bonds is 5. The summed E-state index contributed by atoms with van der Waals surface area (Å²) < 4.78 is 0. The molecule has 1 unspecified atom stereocenters. The molecule has 2 heterocycles. The van der Waals surface area contributed by atoms with Crippen LogP contribution < -0.4 is 10.9 Å². The van der Waals surface area contributed by atoms with E-state index in [1.165, 1.54) is 27.7 Å². The maximum atomic E-state index is 11.4. The fraction of sp³-hybridized carbons (Fsp3) is 0.316. The van der Waals surface area contributed by atoms with Gasteiger partial charge < -0.3 is 15.3 Å². The molecule has 0 radical (unpaired) electrons. The summed E-state index contributed by atoms with van der Waals surface area (Å²) in [5, 5.41) is 4.82. The summed E-state index contributed by atoms with van der Waals surface area (Å²) >= 11 is 0. The van der Waals surface area contributed by atoms with Crippen molar-refractivity contribution in [2.24, 2.45) is 0 Å². The number of aromatic amines is 2. The second kappa shape index (κ2) is 6.42. The second-order valence-electron chi connectivity index (χ2n) is 6.14. The molecule has 0 saturated carbocycles. The maximum Gasteiger partial charge on any atom is 0.248 e. The quantitative estimate of drug-likeness (QED) is 0.677. The molecule has 0 fully saturated rings. The number of hydrogen-bond acceptors (Lipinski definition) is 2. The molecule has 4 nitrogen and oxygen atoms in total. The Bertz CT molecular complexity index is 876. The zero-order valence-electron chi connectivity index (χ0n) is 13.9. The minimum Gasteiger partial charge on any atom is -0.358 e. The third-order valence-corrected chi connectivity index (χ3v) is 4.49. The van der Waals surface area contributed by atoms with Crippen LogP contribution in [-0.4, -0.2) is 16.5 Å². The van der Waals surface area contributed by atoms with Gasteiger partial charge in [0, 0.05) is 34.9 Å². The van der Waals surface area contributed by atoms with Crippen LogP contribution in [0, 0.1) is 13.8 Å². The molecule has 23 heavy (non-hydrogen) atoms. The summed E-state index contributed by atoms with van der Waals surface area (Å²) in [5.41, 5.74) is 6.08. The number of H-pyrrole nitrogens is 2. The van der Waals surface area contributed by atoms with Gasteiger partial charge in [0.1, 0.15) is 0 Å². The molecule has 0 bridgehead atoms. The lowest BCUT2D eigenvalue weighted by Gasteiger charge is -2.14. The molecule has 3 aromatic rings. The highest BCUT2D eigenvalue weighted by Gasteiger charge is 2.10. The first kappa shape index (κ1) is 15.6. The number of aryl methyl sites for hydroxylation is 2. The predicted octanol–water partition coefficient (Wildman–Crippen LogP) is 3.37. The van der Waals surface area contributed by atoms with Crippen LogP contribution in [-0.2, 0) is 6.42 Å². The minimum atomic E-state index is -0.0564. The van der Waals surface area contributed by atoms with Crippen molar-refractivity contribution in [2.75, 3.05) is 6.54 Å². The van der Waals surface area contributed by atoms with Crippen LogP contribution in [0.4, 0.5) is 0 Å². The fourth-order valence-corrected chi connectivity index (χ4v) is 3.13. The van der Waals surface area contributed by atoms with Crippen molar-refractivity contribution in [3.05, 3.63) is 69.3 Å². The standard InChI is InChI=1S/C19H23N3O/c1-12-5-4-6-17-16(14(3)22-19(12)17)8-10-20-13(2)15-7-9-21-18(23)11-15/h4-7,9,11,13,20,22H,8,10H2,1-3H3,(H,21,23). The Labute approximate surface area is 136 Å². The summed E-state index contributed by atoms with van der Waals surface area (Å²) in [6, 6.07) is 10.2. The highest BCUT2D eigenvalue weighted by atomic mass is 16.1. The van der Waals surface area contributed by atoms with Gasteiger partial charge in [0.2, 0.25) is 5.56 Å². The second-order valence-corrected chi connectivity index (χ2v) is 6.14. The van der Waals surface area contributed by atoms with Crippen molar-refractivity contribution in [2.45, 2.75) is 33.2 Å². The highest BCUT2D eigenvalue weighted by molar-refractivity contribution is 5.87. The van der Waals surface area contributed by atoms with Crippen molar-refractivity contribution < 1.29 is 0 Å². The maximum absolute atomic E-state index is 11.4. The molecule has 3 N–H and O–H groups in total. The van der Waals surface area contributed by atoms with Crippen molar-refractivity contribution in [3.63, 3.8) is 0 Å². The fourth-order valence-electron chi connectivity index (χ4n) is 3.13. The number of fused-ring (bicyclic) bond motifs is 1. The average molecular weight is 309 g/mol. The molecule has 3 rings (SSSR count). The molecule has 120 valence electrons. The molecule has 0 amide bonds. The lowest BCUT2D eigenvalue weighted by molar-refractivity contribution is 0.576. The van der Waals surface area contributed by atoms with Gasteiger partial charge in [-0.1, -0.05) is 18.2 Å². The van der Waals surface area contributed by atoms with Crippen molar-refractivity contribution in [1.82, 2.24) is 15.3 Å². The number of benzene rings is 1. The molecule has 4 heteroatoms. The van der Waals surface area contributed by atoms with E-state index in [1.54, 1.807) is 12.3 Å². The predicted molar refractivity (Wildman–Crippen MR) is 95.0 cm³/mol. The number of para-hydroxylation sites is 1. The van der Waals surface area contributed by atoms with Crippen molar-refractivity contribution in [1.29, 1.82) is 0 Å². The van der Waals surface area contributed by atoms with Crippen LogP contribution in [0.15, 0.2) is 41.3 Å². The first-order chi connectivity index (χ1) is 11.1.